The number of allylic oxidation sites excluding steroid dienone is 2. The van der Waals surface area contributed by atoms with Crippen molar-refractivity contribution >= 4 is 23.4 Å². The molecule has 4 aliphatic rings. The molecule has 3 N–H and O–H groups in total. The first-order valence-electron chi connectivity index (χ1n) is 15.2. The maximum Gasteiger partial charge on any atom is 0.328 e. The van der Waals surface area contributed by atoms with E-state index < -0.39 is 23.5 Å². The first kappa shape index (κ1) is 30.3. The number of esters is 1. The fourth-order valence-electron chi connectivity index (χ4n) is 8.85. The minimum atomic E-state index is -1.20. The minimum absolute atomic E-state index is 0.0551. The van der Waals surface area contributed by atoms with Gasteiger partial charge in [0.1, 0.15) is 17.4 Å². The van der Waals surface area contributed by atoms with Crippen LogP contribution < -0.4 is 5.32 Å². The normalized spacial score (nSPS) is 35.2. The number of oxime groups is 1. The highest BCUT2D eigenvalue weighted by molar-refractivity contribution is 5.96. The lowest BCUT2D eigenvalue weighted by molar-refractivity contribution is -0.159. The van der Waals surface area contributed by atoms with Gasteiger partial charge in [0.15, 0.2) is 12.4 Å². The van der Waals surface area contributed by atoms with Gasteiger partial charge in [0.2, 0.25) is 0 Å². The molecular weight excluding hydrogens is 536 g/mol. The standard InChI is InChI=1S/C33H44N2O7/c1-20(36)33(40)16-13-27-25-10-7-22-18-23(11-14-31(22,2)26(25)12-15-32(27,33)3)35-42-19-29(38)34-28(30(39)41-4)17-21-5-8-24(37)9-6-21/h5-6,8-9,18,25-28,37,40H,7,10-17,19H2,1-4H3,(H,34,38)/t25-,26-,27-,28+,31+,32+,33-/m1/s1. The lowest BCUT2D eigenvalue weighted by Gasteiger charge is -2.59. The Labute approximate surface area is 247 Å². The topological polar surface area (TPSA) is 135 Å². The second kappa shape index (κ2) is 11.5. The molecule has 1 aromatic carbocycles. The molecule has 0 unspecified atom stereocenters. The Morgan fingerprint density at radius 3 is 2.45 bits per heavy atom. The molecule has 0 bridgehead atoms. The molecule has 42 heavy (non-hydrogen) atoms. The van der Waals surface area contributed by atoms with Gasteiger partial charge in [-0.3, -0.25) is 9.59 Å². The van der Waals surface area contributed by atoms with E-state index in [1.54, 1.807) is 19.1 Å². The molecule has 0 aliphatic heterocycles. The number of nitrogens with zero attached hydrogens (tertiary/aromatic N) is 1. The van der Waals surface area contributed by atoms with Crippen molar-refractivity contribution in [3.63, 3.8) is 0 Å². The smallest absolute Gasteiger partial charge is 0.328 e. The predicted octanol–water partition coefficient (Wildman–Crippen LogP) is 4.25. The summed E-state index contributed by atoms with van der Waals surface area (Å²) in [5.74, 6) is 0.371. The van der Waals surface area contributed by atoms with E-state index in [1.807, 2.05) is 0 Å². The van der Waals surface area contributed by atoms with Crippen LogP contribution in [0.15, 0.2) is 41.1 Å². The average molecular weight is 581 g/mol. The quantitative estimate of drug-likeness (QED) is 0.309. The fraction of sp³-hybridized carbons (Fsp3) is 0.636. The SMILES string of the molecule is COC(=O)[C@H](Cc1ccc(O)cc1)NC(=O)CON=C1C=C2CC[C@@H]3[C@@H](CC[C@@]4(C)[C@@H]3CC[C@@]4(O)C(C)=O)[C@@]2(C)CC1. The predicted molar refractivity (Wildman–Crippen MR) is 156 cm³/mol. The number of Topliss-reactive ketones (excluding diaryl/α,β-unsaturated/α-hetero) is 1. The van der Waals surface area contributed by atoms with Crippen molar-refractivity contribution in [3.05, 3.63) is 41.5 Å². The average Bonchev–Trinajstić information content (AvgIpc) is 3.25. The van der Waals surface area contributed by atoms with Crippen LogP contribution in [0.3, 0.4) is 0 Å². The number of aromatic hydroxyl groups is 1. The highest BCUT2D eigenvalue weighted by Gasteiger charge is 2.65. The van der Waals surface area contributed by atoms with Crippen molar-refractivity contribution in [2.45, 2.75) is 90.2 Å². The van der Waals surface area contributed by atoms with Crippen LogP contribution in [0.5, 0.6) is 5.75 Å². The van der Waals surface area contributed by atoms with E-state index in [0.717, 1.165) is 56.2 Å². The zero-order valence-electron chi connectivity index (χ0n) is 25.2. The number of aliphatic hydroxyl groups is 1. The van der Waals surface area contributed by atoms with Crippen LogP contribution in [0.25, 0.3) is 0 Å². The highest BCUT2D eigenvalue weighted by Crippen LogP contribution is 2.67. The summed E-state index contributed by atoms with van der Waals surface area (Å²) in [6.45, 7) is 5.75. The first-order valence-corrected chi connectivity index (χ1v) is 15.2. The number of rotatable bonds is 8. The molecule has 7 atom stereocenters. The summed E-state index contributed by atoms with van der Waals surface area (Å²) in [6.07, 6.45) is 9.44. The zero-order valence-corrected chi connectivity index (χ0v) is 25.2. The van der Waals surface area contributed by atoms with Crippen molar-refractivity contribution < 1.29 is 34.2 Å². The molecule has 4 aliphatic carbocycles. The number of fused-ring (bicyclic) bond motifs is 5. The second-order valence-corrected chi connectivity index (χ2v) is 13.3. The van der Waals surface area contributed by atoms with Gasteiger partial charge in [0.25, 0.3) is 5.91 Å². The summed E-state index contributed by atoms with van der Waals surface area (Å²) in [6, 6.07) is 5.52. The first-order chi connectivity index (χ1) is 19.9. The van der Waals surface area contributed by atoms with E-state index in [4.69, 9.17) is 9.57 Å². The maximum absolute atomic E-state index is 12.6. The molecule has 1 aromatic rings. The van der Waals surface area contributed by atoms with E-state index in [1.165, 1.54) is 24.8 Å². The number of ketones is 1. The number of phenolic OH excluding ortho intramolecular Hbond substituents is 1. The fourth-order valence-corrected chi connectivity index (χ4v) is 8.85. The third-order valence-corrected chi connectivity index (χ3v) is 11.3. The number of hydrogen-bond acceptors (Lipinski definition) is 8. The van der Waals surface area contributed by atoms with Crippen molar-refractivity contribution in [2.75, 3.05) is 13.7 Å². The van der Waals surface area contributed by atoms with E-state index in [9.17, 15) is 24.6 Å². The number of nitrogens with one attached hydrogen (secondary N) is 1. The monoisotopic (exact) mass is 580 g/mol. The molecule has 0 heterocycles. The molecule has 0 radical (unpaired) electrons. The Balaban J connectivity index is 1.20. The largest absolute Gasteiger partial charge is 0.508 e. The summed E-state index contributed by atoms with van der Waals surface area (Å²) >= 11 is 0. The highest BCUT2D eigenvalue weighted by atomic mass is 16.6. The van der Waals surface area contributed by atoms with Crippen molar-refractivity contribution in [2.24, 2.45) is 33.7 Å². The molecular formula is C33H44N2O7. The van der Waals surface area contributed by atoms with Gasteiger partial charge in [-0.15, -0.1) is 0 Å². The van der Waals surface area contributed by atoms with Gasteiger partial charge in [-0.2, -0.15) is 0 Å². The molecule has 9 nitrogen and oxygen atoms in total. The van der Waals surface area contributed by atoms with Crippen molar-refractivity contribution in [1.29, 1.82) is 0 Å². The third kappa shape index (κ3) is 5.25. The zero-order chi connectivity index (χ0) is 30.3. The van der Waals surface area contributed by atoms with Gasteiger partial charge in [0, 0.05) is 11.8 Å². The molecule has 5 rings (SSSR count). The Morgan fingerprint density at radius 1 is 1.05 bits per heavy atom. The lowest BCUT2D eigenvalue weighted by atomic mass is 9.46. The number of ether oxygens (including phenoxy) is 1. The number of hydrogen-bond donors (Lipinski definition) is 3. The molecule has 0 aromatic heterocycles. The number of phenols is 1. The number of amides is 1. The number of benzene rings is 1. The molecule has 1 amide bonds. The summed E-state index contributed by atoms with van der Waals surface area (Å²) < 4.78 is 4.85. The van der Waals surface area contributed by atoms with E-state index in [0.29, 0.717) is 24.2 Å². The summed E-state index contributed by atoms with van der Waals surface area (Å²) in [4.78, 5) is 42.8. The number of methoxy groups -OCH3 is 1. The molecule has 3 saturated carbocycles. The number of carbonyl (C=O) groups is 3. The van der Waals surface area contributed by atoms with Crippen LogP contribution in [0.2, 0.25) is 0 Å². The van der Waals surface area contributed by atoms with E-state index in [-0.39, 0.29) is 35.4 Å². The van der Waals surface area contributed by atoms with Gasteiger partial charge in [0.05, 0.1) is 12.8 Å². The maximum atomic E-state index is 12.6. The van der Waals surface area contributed by atoms with Gasteiger partial charge in [-0.1, -0.05) is 36.7 Å². The van der Waals surface area contributed by atoms with Crippen LogP contribution in [-0.4, -0.2) is 58.9 Å². The second-order valence-electron chi connectivity index (χ2n) is 13.3. The van der Waals surface area contributed by atoms with E-state index in [2.05, 4.69) is 30.4 Å². The van der Waals surface area contributed by atoms with Crippen LogP contribution in [-0.2, 0) is 30.4 Å². The molecule has 228 valence electrons. The van der Waals surface area contributed by atoms with Crippen LogP contribution in [0.4, 0.5) is 0 Å². The Morgan fingerprint density at radius 2 is 1.76 bits per heavy atom. The molecule has 0 spiro atoms. The number of carbonyl (C=O) groups excluding carboxylic acids is 3. The van der Waals surface area contributed by atoms with Crippen LogP contribution >= 0.6 is 0 Å². The lowest BCUT2D eigenvalue weighted by Crippen LogP contribution is -2.57. The summed E-state index contributed by atoms with van der Waals surface area (Å²) in [7, 11) is 1.27. The Hall–Kier alpha value is -3.20. The Bertz CT molecular complexity index is 1290. The van der Waals surface area contributed by atoms with Crippen LogP contribution in [0, 0.1) is 28.6 Å². The Kier molecular flexibility index (Phi) is 8.27. The van der Waals surface area contributed by atoms with E-state index >= 15 is 0 Å². The van der Waals surface area contributed by atoms with Gasteiger partial charge in [-0.05, 0) is 105 Å². The van der Waals surface area contributed by atoms with Gasteiger partial charge in [-0.25, -0.2) is 4.79 Å². The van der Waals surface area contributed by atoms with Gasteiger partial charge < -0.3 is 25.1 Å². The van der Waals surface area contributed by atoms with Crippen molar-refractivity contribution in [1.82, 2.24) is 5.32 Å². The van der Waals surface area contributed by atoms with Crippen molar-refractivity contribution in [3.8, 4) is 5.75 Å². The minimum Gasteiger partial charge on any atom is -0.508 e. The third-order valence-electron chi connectivity index (χ3n) is 11.3. The summed E-state index contributed by atoms with van der Waals surface area (Å²) in [5.41, 5.74) is 1.47. The van der Waals surface area contributed by atoms with Gasteiger partial charge >= 0.3 is 5.97 Å². The molecule has 0 saturated heterocycles. The molecule has 9 heteroatoms. The molecule has 3 fully saturated rings. The summed E-state index contributed by atoms with van der Waals surface area (Å²) in [5, 5.41) is 27.8. The van der Waals surface area contributed by atoms with Crippen LogP contribution in [0.1, 0.15) is 77.7 Å².